The average Bonchev–Trinajstić information content (AvgIpc) is 3.45. The van der Waals surface area contributed by atoms with Gasteiger partial charge in [-0.3, -0.25) is 9.59 Å². The largest absolute Gasteiger partial charge is 0.399 e. The number of nitrogens with one attached hydrogen (secondary N) is 2. The Morgan fingerprint density at radius 3 is 2.44 bits per heavy atom. The van der Waals surface area contributed by atoms with Crippen LogP contribution in [0.15, 0.2) is 71.9 Å². The van der Waals surface area contributed by atoms with Crippen LogP contribution in [0.4, 0.5) is 5.69 Å². The van der Waals surface area contributed by atoms with E-state index in [0.717, 1.165) is 41.6 Å². The fraction of sp³-hybridized carbons (Fsp3) is 0.154. The molecule has 2 heterocycles. The third kappa shape index (κ3) is 8.30. The van der Waals surface area contributed by atoms with Crippen LogP contribution in [0.1, 0.15) is 30.6 Å². The van der Waals surface area contributed by atoms with Crippen molar-refractivity contribution in [3.63, 3.8) is 0 Å². The topological polar surface area (TPSA) is 105 Å². The van der Waals surface area contributed by atoms with E-state index in [1.54, 1.807) is 42.5 Å². The molecule has 2 aromatic heterocycles. The van der Waals surface area contributed by atoms with Crippen molar-refractivity contribution in [2.75, 3.05) is 11.5 Å². The number of nitrogens with zero attached hydrogens (tertiary/aromatic N) is 1. The molecule has 6 nitrogen and oxygen atoms in total. The number of hydrogen-bond donors (Lipinski definition) is 3. The number of H-pyrrole nitrogens is 2. The molecule has 0 amide bonds. The fourth-order valence-electron chi connectivity index (χ4n) is 2.97. The van der Waals surface area contributed by atoms with Crippen LogP contribution in [0.5, 0.6) is 0 Å². The van der Waals surface area contributed by atoms with Gasteiger partial charge in [-0.25, -0.2) is 4.98 Å². The lowest BCUT2D eigenvalue weighted by molar-refractivity contribution is -0.114. The lowest BCUT2D eigenvalue weighted by Crippen LogP contribution is -1.94. The molecule has 0 fully saturated rings. The first-order valence-electron chi connectivity index (χ1n) is 11.0. The molecular weight excluding hydrogens is 532 g/mol. The number of benzene rings is 3. The lowest BCUT2D eigenvalue weighted by Gasteiger charge is -1.95. The summed E-state index contributed by atoms with van der Waals surface area (Å²) in [4.78, 5) is 32.4. The number of nitrogens with two attached hydrogens (primary N) is 1. The second-order valence-electron chi connectivity index (χ2n) is 7.60. The lowest BCUT2D eigenvalue weighted by atomic mass is 10.1. The number of nitrogen functional groups attached to an aromatic ring is 1. The molecule has 0 saturated heterocycles. The first-order chi connectivity index (χ1) is 17.2. The predicted octanol–water partition coefficient (Wildman–Crippen LogP) is 7.72. The molecular formula is C26H25ClN4O2S3. The minimum atomic E-state index is 0.154. The van der Waals surface area contributed by atoms with Crippen molar-refractivity contribution in [1.82, 2.24) is 15.0 Å². The number of carbonyl (C=O) groups excluding carboxylic acids is 2. The van der Waals surface area contributed by atoms with E-state index in [4.69, 9.17) is 29.6 Å². The Hall–Kier alpha value is -2.98. The summed E-state index contributed by atoms with van der Waals surface area (Å²) in [6.07, 6.45) is 0.543. The minimum Gasteiger partial charge on any atom is -0.399 e. The molecule has 4 N–H and O–H groups in total. The third-order valence-electron chi connectivity index (χ3n) is 4.71. The van der Waals surface area contributed by atoms with Gasteiger partial charge in [0.15, 0.2) is 14.9 Å². The van der Waals surface area contributed by atoms with Gasteiger partial charge in [0.2, 0.25) is 0 Å². The molecule has 0 aliphatic heterocycles. The van der Waals surface area contributed by atoms with Crippen LogP contribution in [0.2, 0.25) is 5.02 Å². The number of fused-ring (bicyclic) bond motifs is 2. The van der Waals surface area contributed by atoms with Crippen LogP contribution in [0.3, 0.4) is 0 Å². The highest BCUT2D eigenvalue weighted by molar-refractivity contribution is 7.99. The van der Waals surface area contributed by atoms with Crippen LogP contribution in [0.25, 0.3) is 21.3 Å². The minimum absolute atomic E-state index is 0.154. The zero-order valence-corrected chi connectivity index (χ0v) is 22.9. The van der Waals surface area contributed by atoms with Crippen molar-refractivity contribution < 1.29 is 9.59 Å². The number of ketones is 2. The van der Waals surface area contributed by atoms with E-state index in [9.17, 15) is 9.59 Å². The third-order valence-corrected chi connectivity index (χ3v) is 7.18. The number of carbonyl (C=O) groups is 2. The second-order valence-corrected chi connectivity index (χ2v) is 10.7. The number of halogens is 1. The number of aromatic amines is 2. The quantitative estimate of drug-likeness (QED) is 0.0885. The zero-order chi connectivity index (χ0) is 26.1. The van der Waals surface area contributed by atoms with Crippen molar-refractivity contribution in [3.05, 3.63) is 81.3 Å². The normalized spacial score (nSPS) is 10.3. The Bertz CT molecular complexity index is 1490. The molecule has 0 aliphatic rings. The van der Waals surface area contributed by atoms with Gasteiger partial charge in [0, 0.05) is 22.7 Å². The van der Waals surface area contributed by atoms with Crippen molar-refractivity contribution >= 4 is 85.4 Å². The number of anilines is 1. The zero-order valence-electron chi connectivity index (χ0n) is 19.7. The summed E-state index contributed by atoms with van der Waals surface area (Å²) >= 11 is 13.6. The van der Waals surface area contributed by atoms with E-state index in [2.05, 4.69) is 15.0 Å². The molecule has 0 atom stereocenters. The molecule has 0 bridgehead atoms. The highest BCUT2D eigenvalue weighted by Gasteiger charge is 2.03. The maximum Gasteiger partial charge on any atom is 0.166 e. The maximum absolute atomic E-state index is 11.1. The van der Waals surface area contributed by atoms with Crippen LogP contribution in [-0.2, 0) is 4.79 Å². The van der Waals surface area contributed by atoms with Crippen molar-refractivity contribution in [1.29, 1.82) is 0 Å². The van der Waals surface area contributed by atoms with E-state index in [1.165, 1.54) is 11.8 Å². The first-order valence-corrected chi connectivity index (χ1v) is 13.6. The summed E-state index contributed by atoms with van der Waals surface area (Å²) in [6.45, 7) is 3.42. The van der Waals surface area contributed by atoms with Gasteiger partial charge in [-0.2, -0.15) is 0 Å². The molecule has 0 radical (unpaired) electrons. The molecule has 5 rings (SSSR count). The molecule has 10 heteroatoms. The summed E-state index contributed by atoms with van der Waals surface area (Å²) in [5.74, 6) is 0.789. The van der Waals surface area contributed by atoms with Crippen molar-refractivity contribution in [2.24, 2.45) is 0 Å². The SMILES string of the molecule is CC(=O)CSc1nc2ccccc2[nH]1.CCC(=O)c1ccc(Cl)cc1.Nc1ccc2[nH]c(=S)sc2c1. The molecule has 5 aromatic rings. The van der Waals surface area contributed by atoms with Gasteiger partial charge in [0.25, 0.3) is 0 Å². The number of imidazole rings is 1. The van der Waals surface area contributed by atoms with Gasteiger partial charge in [-0.15, -0.1) is 11.3 Å². The number of Topliss-reactive ketones (excluding diaryl/α,β-unsaturated/α-hetero) is 2. The molecule has 0 spiro atoms. The number of hydrogen-bond acceptors (Lipinski definition) is 7. The Labute approximate surface area is 227 Å². The molecule has 0 aliphatic carbocycles. The van der Waals surface area contributed by atoms with Crippen molar-refractivity contribution in [2.45, 2.75) is 25.4 Å². The first kappa shape index (κ1) is 27.6. The maximum atomic E-state index is 11.1. The van der Waals surface area contributed by atoms with E-state index >= 15 is 0 Å². The molecule has 0 unspecified atom stereocenters. The molecule has 0 saturated carbocycles. The highest BCUT2D eigenvalue weighted by Crippen LogP contribution is 2.21. The number of aromatic nitrogens is 3. The summed E-state index contributed by atoms with van der Waals surface area (Å²) in [7, 11) is 0. The average molecular weight is 557 g/mol. The molecule has 3 aromatic carbocycles. The number of thioether (sulfide) groups is 1. The summed E-state index contributed by atoms with van der Waals surface area (Å²) < 4.78 is 1.92. The van der Waals surface area contributed by atoms with E-state index in [0.29, 0.717) is 17.2 Å². The van der Waals surface area contributed by atoms with Gasteiger partial charge in [0.05, 0.1) is 27.0 Å². The Morgan fingerprint density at radius 2 is 1.78 bits per heavy atom. The van der Waals surface area contributed by atoms with Gasteiger partial charge in [-0.1, -0.05) is 42.4 Å². The number of thiazole rings is 1. The number of rotatable bonds is 5. The standard InChI is InChI=1S/C10H10N2OS.C9H9ClO.C7H6N2S2/c1-7(13)6-14-10-11-8-4-2-3-5-9(8)12-10;1-2-9(11)7-3-5-8(10)6-4-7;8-4-1-2-5-6(3-4)11-7(10)9-5/h2-5H,6H2,1H3,(H,11,12);3-6H,2H2,1H3;1-3H,8H2,(H,9,10). The van der Waals surface area contributed by atoms with Gasteiger partial charge < -0.3 is 15.7 Å². The Kier molecular flexibility index (Phi) is 10.2. The fourth-order valence-corrected chi connectivity index (χ4v) is 4.94. The van der Waals surface area contributed by atoms with Crippen LogP contribution >= 0.6 is 46.9 Å². The van der Waals surface area contributed by atoms with Gasteiger partial charge >= 0.3 is 0 Å². The van der Waals surface area contributed by atoms with Gasteiger partial charge in [0.1, 0.15) is 5.78 Å². The van der Waals surface area contributed by atoms with E-state index in [-0.39, 0.29) is 11.6 Å². The highest BCUT2D eigenvalue weighted by atomic mass is 35.5. The Morgan fingerprint density at radius 1 is 1.06 bits per heavy atom. The predicted molar refractivity (Wildman–Crippen MR) is 155 cm³/mol. The molecule has 36 heavy (non-hydrogen) atoms. The van der Waals surface area contributed by atoms with E-state index < -0.39 is 0 Å². The summed E-state index contributed by atoms with van der Waals surface area (Å²) in [6, 6.07) is 20.5. The monoisotopic (exact) mass is 556 g/mol. The van der Waals surface area contributed by atoms with Crippen LogP contribution in [-0.4, -0.2) is 32.3 Å². The van der Waals surface area contributed by atoms with Crippen LogP contribution in [0, 0.1) is 3.95 Å². The second kappa shape index (κ2) is 13.4. The summed E-state index contributed by atoms with van der Waals surface area (Å²) in [5, 5.41) is 1.47. The summed E-state index contributed by atoms with van der Waals surface area (Å²) in [5.41, 5.74) is 10.1. The van der Waals surface area contributed by atoms with Crippen LogP contribution < -0.4 is 5.73 Å². The molecule has 186 valence electrons. The smallest absolute Gasteiger partial charge is 0.166 e. The van der Waals surface area contributed by atoms with Crippen molar-refractivity contribution in [3.8, 4) is 0 Å². The van der Waals surface area contributed by atoms with E-state index in [1.807, 2.05) is 49.4 Å². The van der Waals surface area contributed by atoms with Gasteiger partial charge in [-0.05, 0) is 73.7 Å². The Balaban J connectivity index is 0.000000152. The number of para-hydroxylation sites is 2.